The Labute approximate surface area is 102 Å². The molecule has 0 aliphatic carbocycles. The standard InChI is InChI=1S/C10H8BrCl2N/c11-9-2-1-8(10(13)4-9)3-7(5-12)6-14/h1-2,4,7H,3,5H2. The van der Waals surface area contributed by atoms with Gasteiger partial charge in [0.1, 0.15) is 0 Å². The summed E-state index contributed by atoms with van der Waals surface area (Å²) in [6, 6.07) is 7.77. The smallest absolute Gasteiger partial charge is 0.0671 e. The van der Waals surface area contributed by atoms with Gasteiger partial charge in [0.25, 0.3) is 0 Å². The van der Waals surface area contributed by atoms with E-state index in [2.05, 4.69) is 22.0 Å². The van der Waals surface area contributed by atoms with Crippen molar-refractivity contribution in [3.8, 4) is 6.07 Å². The van der Waals surface area contributed by atoms with Crippen LogP contribution in [0.2, 0.25) is 5.02 Å². The van der Waals surface area contributed by atoms with Crippen LogP contribution in [-0.4, -0.2) is 5.88 Å². The molecule has 0 aromatic heterocycles. The number of alkyl halides is 1. The average molecular weight is 293 g/mol. The molecule has 1 atom stereocenters. The number of hydrogen-bond acceptors (Lipinski definition) is 1. The molecule has 0 saturated carbocycles. The summed E-state index contributed by atoms with van der Waals surface area (Å²) in [4.78, 5) is 0. The zero-order valence-electron chi connectivity index (χ0n) is 7.30. The van der Waals surface area contributed by atoms with Gasteiger partial charge in [-0.3, -0.25) is 0 Å². The molecule has 4 heteroatoms. The van der Waals surface area contributed by atoms with Crippen molar-refractivity contribution < 1.29 is 0 Å². The van der Waals surface area contributed by atoms with E-state index in [4.69, 9.17) is 28.5 Å². The highest BCUT2D eigenvalue weighted by atomic mass is 79.9. The number of rotatable bonds is 3. The molecule has 0 aliphatic heterocycles. The zero-order valence-corrected chi connectivity index (χ0v) is 10.4. The van der Waals surface area contributed by atoms with Crippen LogP contribution in [0, 0.1) is 17.2 Å². The molecule has 0 spiro atoms. The van der Waals surface area contributed by atoms with Crippen LogP contribution >= 0.6 is 39.1 Å². The highest BCUT2D eigenvalue weighted by molar-refractivity contribution is 9.10. The molecule has 1 nitrogen and oxygen atoms in total. The fourth-order valence-electron chi connectivity index (χ4n) is 1.09. The minimum Gasteiger partial charge on any atom is -0.198 e. The second-order valence-corrected chi connectivity index (χ2v) is 4.55. The largest absolute Gasteiger partial charge is 0.198 e. The number of hydrogen-bond donors (Lipinski definition) is 0. The van der Waals surface area contributed by atoms with Crippen LogP contribution in [0.4, 0.5) is 0 Å². The molecule has 0 radical (unpaired) electrons. The van der Waals surface area contributed by atoms with E-state index in [-0.39, 0.29) is 5.92 Å². The summed E-state index contributed by atoms with van der Waals surface area (Å²) < 4.78 is 0.936. The first-order chi connectivity index (χ1) is 6.67. The topological polar surface area (TPSA) is 23.8 Å². The highest BCUT2D eigenvalue weighted by Gasteiger charge is 2.09. The Bertz CT molecular complexity index is 360. The van der Waals surface area contributed by atoms with Crippen LogP contribution in [0.1, 0.15) is 5.56 Å². The highest BCUT2D eigenvalue weighted by Crippen LogP contribution is 2.23. The van der Waals surface area contributed by atoms with E-state index >= 15 is 0 Å². The number of nitrogens with zero attached hydrogens (tertiary/aromatic N) is 1. The molecular formula is C10H8BrCl2N. The van der Waals surface area contributed by atoms with Gasteiger partial charge >= 0.3 is 0 Å². The maximum atomic E-state index is 8.75. The molecule has 1 unspecified atom stereocenters. The van der Waals surface area contributed by atoms with Gasteiger partial charge in [0.15, 0.2) is 0 Å². The predicted molar refractivity (Wildman–Crippen MR) is 62.7 cm³/mol. The Morgan fingerprint density at radius 3 is 2.71 bits per heavy atom. The van der Waals surface area contributed by atoms with Crippen LogP contribution < -0.4 is 0 Å². The summed E-state index contributed by atoms with van der Waals surface area (Å²) in [5, 5.41) is 9.42. The first kappa shape index (κ1) is 11.8. The van der Waals surface area contributed by atoms with Crippen LogP contribution in [0.5, 0.6) is 0 Å². The zero-order chi connectivity index (χ0) is 10.6. The van der Waals surface area contributed by atoms with Gasteiger partial charge in [-0.1, -0.05) is 33.6 Å². The van der Waals surface area contributed by atoms with Gasteiger partial charge in [0.05, 0.1) is 12.0 Å². The molecule has 0 heterocycles. The second kappa shape index (κ2) is 5.60. The minimum absolute atomic E-state index is 0.171. The van der Waals surface area contributed by atoms with Crippen molar-refractivity contribution in [3.63, 3.8) is 0 Å². The molecule has 74 valence electrons. The van der Waals surface area contributed by atoms with Crippen molar-refractivity contribution in [2.75, 3.05) is 5.88 Å². The van der Waals surface area contributed by atoms with Crippen molar-refractivity contribution in [2.24, 2.45) is 5.92 Å². The lowest BCUT2D eigenvalue weighted by Gasteiger charge is -2.07. The molecule has 0 bridgehead atoms. The predicted octanol–water partition coefficient (Wildman–Crippen LogP) is 4.02. The molecule has 0 saturated heterocycles. The van der Waals surface area contributed by atoms with E-state index in [0.717, 1.165) is 10.0 Å². The van der Waals surface area contributed by atoms with E-state index in [1.54, 1.807) is 0 Å². The van der Waals surface area contributed by atoms with Crippen molar-refractivity contribution in [3.05, 3.63) is 33.3 Å². The van der Waals surface area contributed by atoms with Gasteiger partial charge in [-0.2, -0.15) is 5.26 Å². The summed E-state index contributed by atoms with van der Waals surface area (Å²) in [5.41, 5.74) is 0.960. The fraction of sp³-hybridized carbons (Fsp3) is 0.300. The average Bonchev–Trinajstić information content (AvgIpc) is 2.17. The number of nitriles is 1. The summed E-state index contributed by atoms with van der Waals surface area (Å²) in [5.74, 6) is 0.165. The third kappa shape index (κ3) is 3.16. The lowest BCUT2D eigenvalue weighted by molar-refractivity contribution is 0.746. The molecule has 1 aromatic carbocycles. The van der Waals surface area contributed by atoms with Crippen molar-refractivity contribution in [2.45, 2.75) is 6.42 Å². The maximum Gasteiger partial charge on any atom is 0.0671 e. The number of halogens is 3. The lowest BCUT2D eigenvalue weighted by Crippen LogP contribution is -2.03. The summed E-state index contributed by atoms with van der Waals surface area (Å²) in [6.45, 7) is 0. The second-order valence-electron chi connectivity index (χ2n) is 2.92. The molecule has 0 fully saturated rings. The van der Waals surface area contributed by atoms with Crippen molar-refractivity contribution in [1.82, 2.24) is 0 Å². The van der Waals surface area contributed by atoms with Crippen LogP contribution in [-0.2, 0) is 6.42 Å². The van der Waals surface area contributed by atoms with Crippen LogP contribution in [0.3, 0.4) is 0 Å². The SMILES string of the molecule is N#CC(CCl)Cc1ccc(Br)cc1Cl. The van der Waals surface area contributed by atoms with Gasteiger partial charge in [-0.05, 0) is 24.1 Å². The summed E-state index contributed by atoms with van der Waals surface area (Å²) in [7, 11) is 0. The number of benzene rings is 1. The van der Waals surface area contributed by atoms with Gasteiger partial charge in [0, 0.05) is 15.4 Å². The van der Waals surface area contributed by atoms with Gasteiger partial charge in [-0.25, -0.2) is 0 Å². The lowest BCUT2D eigenvalue weighted by atomic mass is 10.0. The molecule has 0 amide bonds. The molecule has 1 aromatic rings. The maximum absolute atomic E-state index is 8.75. The molecule has 0 aliphatic rings. The Morgan fingerprint density at radius 2 is 2.21 bits per heavy atom. The third-order valence-corrected chi connectivity index (χ3v) is 3.07. The summed E-state index contributed by atoms with van der Waals surface area (Å²) >= 11 is 15.0. The van der Waals surface area contributed by atoms with Crippen LogP contribution in [0.25, 0.3) is 0 Å². The van der Waals surface area contributed by atoms with E-state index in [0.29, 0.717) is 17.3 Å². The molecular weight excluding hydrogens is 285 g/mol. The van der Waals surface area contributed by atoms with E-state index < -0.39 is 0 Å². The Balaban J connectivity index is 2.82. The van der Waals surface area contributed by atoms with Gasteiger partial charge in [-0.15, -0.1) is 11.6 Å². The quantitative estimate of drug-likeness (QED) is 0.772. The Kier molecular flexibility index (Phi) is 4.74. The summed E-state index contributed by atoms with van der Waals surface area (Å²) in [6.07, 6.45) is 0.603. The van der Waals surface area contributed by atoms with E-state index in [1.807, 2.05) is 18.2 Å². The van der Waals surface area contributed by atoms with E-state index in [1.165, 1.54) is 0 Å². The van der Waals surface area contributed by atoms with Crippen molar-refractivity contribution in [1.29, 1.82) is 5.26 Å². The normalized spacial score (nSPS) is 12.1. The molecule has 1 rings (SSSR count). The molecule has 14 heavy (non-hydrogen) atoms. The fourth-order valence-corrected chi connectivity index (χ4v) is 2.02. The van der Waals surface area contributed by atoms with Crippen LogP contribution in [0.15, 0.2) is 22.7 Å². The third-order valence-electron chi connectivity index (χ3n) is 1.85. The Morgan fingerprint density at radius 1 is 1.50 bits per heavy atom. The van der Waals surface area contributed by atoms with E-state index in [9.17, 15) is 0 Å². The first-order valence-corrected chi connectivity index (χ1v) is 5.77. The minimum atomic E-state index is -0.171. The monoisotopic (exact) mass is 291 g/mol. The van der Waals surface area contributed by atoms with Gasteiger partial charge < -0.3 is 0 Å². The Hall–Kier alpha value is -0.230. The van der Waals surface area contributed by atoms with Gasteiger partial charge in [0.2, 0.25) is 0 Å². The van der Waals surface area contributed by atoms with Crippen molar-refractivity contribution >= 4 is 39.1 Å². The first-order valence-electron chi connectivity index (χ1n) is 4.07. The molecule has 0 N–H and O–H groups in total.